The molecule has 9 heteroatoms. The molecule has 0 radical (unpaired) electrons. The first-order valence-electron chi connectivity index (χ1n) is 15.0. The van der Waals surface area contributed by atoms with Crippen molar-refractivity contribution in [1.29, 1.82) is 0 Å². The number of aryl methyl sites for hydroxylation is 1. The van der Waals surface area contributed by atoms with Crippen molar-refractivity contribution in [3.05, 3.63) is 94.5 Å². The van der Waals surface area contributed by atoms with Crippen molar-refractivity contribution in [2.45, 2.75) is 89.2 Å². The van der Waals surface area contributed by atoms with Gasteiger partial charge in [-0.15, -0.1) is 0 Å². The molecule has 1 unspecified atom stereocenters. The molecule has 0 heterocycles. The molecular weight excluding hydrogens is 582 g/mol. The molecular formula is C34H42ClN3O4S. The van der Waals surface area contributed by atoms with Gasteiger partial charge in [0.05, 0.1) is 10.6 Å². The molecule has 0 aliphatic heterocycles. The number of benzene rings is 3. The first-order valence-corrected chi connectivity index (χ1v) is 16.8. The highest BCUT2D eigenvalue weighted by atomic mass is 35.5. The van der Waals surface area contributed by atoms with Crippen LogP contribution in [0.25, 0.3) is 0 Å². The first-order chi connectivity index (χ1) is 20.5. The minimum Gasteiger partial charge on any atom is -0.352 e. The van der Waals surface area contributed by atoms with Crippen LogP contribution in [0.5, 0.6) is 0 Å². The van der Waals surface area contributed by atoms with E-state index in [4.69, 9.17) is 11.6 Å². The van der Waals surface area contributed by atoms with Gasteiger partial charge >= 0.3 is 0 Å². The lowest BCUT2D eigenvalue weighted by atomic mass is 10.0. The molecule has 0 spiro atoms. The minimum atomic E-state index is -4.11. The minimum absolute atomic E-state index is 0.0897. The van der Waals surface area contributed by atoms with Gasteiger partial charge in [-0.3, -0.25) is 13.9 Å². The van der Waals surface area contributed by atoms with Crippen LogP contribution < -0.4 is 9.62 Å². The Morgan fingerprint density at radius 3 is 2.09 bits per heavy atom. The fourth-order valence-electron chi connectivity index (χ4n) is 5.47. The van der Waals surface area contributed by atoms with Crippen LogP contribution in [-0.4, -0.2) is 43.8 Å². The maximum Gasteiger partial charge on any atom is 0.264 e. The van der Waals surface area contributed by atoms with E-state index >= 15 is 0 Å². The average Bonchev–Trinajstić information content (AvgIpc) is 3.50. The van der Waals surface area contributed by atoms with Crippen molar-refractivity contribution in [3.63, 3.8) is 0 Å². The summed E-state index contributed by atoms with van der Waals surface area (Å²) in [5.41, 5.74) is 3.16. The molecule has 0 saturated heterocycles. The summed E-state index contributed by atoms with van der Waals surface area (Å²) in [6, 6.07) is 20.3. The zero-order chi connectivity index (χ0) is 31.1. The molecule has 1 aliphatic rings. The van der Waals surface area contributed by atoms with E-state index in [0.29, 0.717) is 17.1 Å². The first kappa shape index (κ1) is 32.6. The Labute approximate surface area is 261 Å². The predicted octanol–water partition coefficient (Wildman–Crippen LogP) is 6.83. The summed E-state index contributed by atoms with van der Waals surface area (Å²) in [6.45, 7) is 7.56. The number of halogens is 1. The van der Waals surface area contributed by atoms with Crippen molar-refractivity contribution in [1.82, 2.24) is 10.2 Å². The third-order valence-electron chi connectivity index (χ3n) is 8.09. The summed E-state index contributed by atoms with van der Waals surface area (Å²) >= 11 is 6.11. The average molecular weight is 624 g/mol. The molecule has 7 nitrogen and oxygen atoms in total. The van der Waals surface area contributed by atoms with Crippen LogP contribution in [0.4, 0.5) is 5.69 Å². The number of nitrogens with zero attached hydrogens (tertiary/aromatic N) is 2. The Kier molecular flexibility index (Phi) is 10.9. The number of hydrogen-bond donors (Lipinski definition) is 1. The molecule has 3 aromatic carbocycles. The molecule has 2 amide bonds. The summed E-state index contributed by atoms with van der Waals surface area (Å²) in [5, 5.41) is 3.70. The van der Waals surface area contributed by atoms with E-state index in [1.165, 1.54) is 4.90 Å². The van der Waals surface area contributed by atoms with Gasteiger partial charge in [-0.1, -0.05) is 87.2 Å². The number of sulfonamides is 1. The topological polar surface area (TPSA) is 86.8 Å². The second kappa shape index (κ2) is 14.4. The molecule has 1 aliphatic carbocycles. The Morgan fingerprint density at radius 1 is 0.930 bits per heavy atom. The van der Waals surface area contributed by atoms with Crippen molar-refractivity contribution < 1.29 is 18.0 Å². The highest BCUT2D eigenvalue weighted by molar-refractivity contribution is 7.92. The van der Waals surface area contributed by atoms with Gasteiger partial charge in [-0.05, 0) is 79.6 Å². The second-order valence-electron chi connectivity index (χ2n) is 11.6. The van der Waals surface area contributed by atoms with E-state index in [1.807, 2.05) is 38.1 Å². The zero-order valence-corrected chi connectivity index (χ0v) is 27.0. The van der Waals surface area contributed by atoms with Crippen molar-refractivity contribution in [3.8, 4) is 0 Å². The molecule has 230 valence electrons. The monoisotopic (exact) mass is 623 g/mol. The third kappa shape index (κ3) is 8.18. The normalized spacial score (nSPS) is 14.5. The van der Waals surface area contributed by atoms with E-state index in [9.17, 15) is 18.0 Å². The Morgan fingerprint density at radius 2 is 1.53 bits per heavy atom. The lowest BCUT2D eigenvalue weighted by molar-refractivity contribution is -0.140. The van der Waals surface area contributed by atoms with Gasteiger partial charge in [0.15, 0.2) is 0 Å². The summed E-state index contributed by atoms with van der Waals surface area (Å²) in [7, 11) is -4.11. The van der Waals surface area contributed by atoms with E-state index in [-0.39, 0.29) is 29.3 Å². The van der Waals surface area contributed by atoms with Gasteiger partial charge in [-0.2, -0.15) is 0 Å². The van der Waals surface area contributed by atoms with Crippen LogP contribution in [0, 0.1) is 6.92 Å². The van der Waals surface area contributed by atoms with Crippen molar-refractivity contribution in [2.24, 2.45) is 0 Å². The molecule has 0 bridgehead atoms. The van der Waals surface area contributed by atoms with Crippen molar-refractivity contribution in [2.75, 3.05) is 10.8 Å². The Balaban J connectivity index is 1.72. The molecule has 1 fully saturated rings. The quantitative estimate of drug-likeness (QED) is 0.239. The van der Waals surface area contributed by atoms with Gasteiger partial charge in [0.1, 0.15) is 12.6 Å². The predicted molar refractivity (Wildman–Crippen MR) is 173 cm³/mol. The van der Waals surface area contributed by atoms with E-state index in [1.54, 1.807) is 48.5 Å². The van der Waals surface area contributed by atoms with E-state index in [2.05, 4.69) is 19.2 Å². The molecule has 43 heavy (non-hydrogen) atoms. The summed E-state index contributed by atoms with van der Waals surface area (Å²) in [4.78, 5) is 29.4. The van der Waals surface area contributed by atoms with E-state index < -0.39 is 28.5 Å². The van der Waals surface area contributed by atoms with Crippen LogP contribution in [0.2, 0.25) is 5.02 Å². The van der Waals surface area contributed by atoms with Gasteiger partial charge in [0, 0.05) is 17.6 Å². The number of amides is 2. The Hall–Kier alpha value is -3.36. The number of carbonyl (C=O) groups excluding carboxylic acids is 2. The Bertz CT molecular complexity index is 1480. The van der Waals surface area contributed by atoms with E-state index in [0.717, 1.165) is 46.7 Å². The highest BCUT2D eigenvalue weighted by Gasteiger charge is 2.34. The number of hydrogen-bond acceptors (Lipinski definition) is 4. The standard InChI is InChI=1S/C34H42ClN3O4S/c1-5-32(34(40)36-29-8-6-7-9-29)37(22-26-12-16-28(35)17-13-26)33(39)23-38(30-18-14-27(15-19-30)24(2)3)43(41,42)31-20-10-25(4)11-21-31/h10-21,24,29,32H,5-9,22-23H2,1-4H3,(H,36,40). The maximum atomic E-state index is 14.3. The number of carbonyl (C=O) groups is 2. The van der Waals surface area contributed by atoms with Gasteiger partial charge < -0.3 is 10.2 Å². The van der Waals surface area contributed by atoms with Crippen LogP contribution in [-0.2, 0) is 26.2 Å². The fourth-order valence-corrected chi connectivity index (χ4v) is 7.01. The van der Waals surface area contributed by atoms with Gasteiger partial charge in [0.25, 0.3) is 10.0 Å². The van der Waals surface area contributed by atoms with Crippen LogP contribution in [0.15, 0.2) is 77.7 Å². The smallest absolute Gasteiger partial charge is 0.264 e. The maximum absolute atomic E-state index is 14.3. The molecule has 1 saturated carbocycles. The molecule has 4 rings (SSSR count). The van der Waals surface area contributed by atoms with Crippen LogP contribution >= 0.6 is 11.6 Å². The molecule has 1 N–H and O–H groups in total. The summed E-state index contributed by atoms with van der Waals surface area (Å²) in [6.07, 6.45) is 4.35. The second-order valence-corrected chi connectivity index (χ2v) is 13.9. The number of anilines is 1. The fraction of sp³-hybridized carbons (Fsp3) is 0.412. The zero-order valence-electron chi connectivity index (χ0n) is 25.4. The van der Waals surface area contributed by atoms with Crippen molar-refractivity contribution >= 4 is 39.1 Å². The molecule has 3 aromatic rings. The third-order valence-corrected chi connectivity index (χ3v) is 10.1. The number of nitrogens with one attached hydrogen (secondary N) is 1. The SMILES string of the molecule is CCC(C(=O)NC1CCCC1)N(Cc1ccc(Cl)cc1)C(=O)CN(c1ccc(C(C)C)cc1)S(=O)(=O)c1ccc(C)cc1. The largest absolute Gasteiger partial charge is 0.352 e. The molecule has 1 atom stereocenters. The van der Waals surface area contributed by atoms with Crippen LogP contribution in [0.1, 0.15) is 75.5 Å². The van der Waals surface area contributed by atoms with Gasteiger partial charge in [-0.25, -0.2) is 8.42 Å². The highest BCUT2D eigenvalue weighted by Crippen LogP contribution is 2.27. The summed E-state index contributed by atoms with van der Waals surface area (Å²) in [5.74, 6) is -0.422. The van der Waals surface area contributed by atoms with Crippen LogP contribution in [0.3, 0.4) is 0 Å². The lowest BCUT2D eigenvalue weighted by Crippen LogP contribution is -2.53. The number of rotatable bonds is 12. The summed E-state index contributed by atoms with van der Waals surface area (Å²) < 4.78 is 29.3. The lowest BCUT2D eigenvalue weighted by Gasteiger charge is -2.34. The van der Waals surface area contributed by atoms with Gasteiger partial charge in [0.2, 0.25) is 11.8 Å². The molecule has 0 aromatic heterocycles.